The first kappa shape index (κ1) is 16.3. The molecule has 0 bridgehead atoms. The van der Waals surface area contributed by atoms with Crippen LogP contribution >= 0.6 is 11.3 Å². The predicted molar refractivity (Wildman–Crippen MR) is 94.3 cm³/mol. The van der Waals surface area contributed by atoms with Gasteiger partial charge in [0.15, 0.2) is 0 Å². The minimum absolute atomic E-state index is 0.0601. The fraction of sp³-hybridized carbons (Fsp3) is 0.778. The van der Waals surface area contributed by atoms with Crippen molar-refractivity contribution in [3.05, 3.63) is 16.1 Å². The molecule has 0 unspecified atom stereocenters. The van der Waals surface area contributed by atoms with Gasteiger partial charge in [0.1, 0.15) is 0 Å². The van der Waals surface area contributed by atoms with Crippen LogP contribution in [0.2, 0.25) is 0 Å². The monoisotopic (exact) mass is 349 g/mol. The van der Waals surface area contributed by atoms with E-state index in [4.69, 9.17) is 4.74 Å². The van der Waals surface area contributed by atoms with Crippen LogP contribution in [0.5, 0.6) is 0 Å². The van der Waals surface area contributed by atoms with E-state index in [1.807, 2.05) is 18.1 Å². The van der Waals surface area contributed by atoms with E-state index in [9.17, 15) is 4.79 Å². The van der Waals surface area contributed by atoms with Crippen molar-refractivity contribution in [1.82, 2.24) is 15.2 Å². The molecule has 1 aromatic rings. The first-order chi connectivity index (χ1) is 11.6. The Morgan fingerprint density at radius 1 is 1.50 bits per heavy atom. The maximum absolute atomic E-state index is 12.7. The fourth-order valence-corrected chi connectivity index (χ4v) is 5.81. The Labute approximate surface area is 147 Å². The zero-order valence-electron chi connectivity index (χ0n) is 14.6. The third-order valence-electron chi connectivity index (χ3n) is 6.24. The largest absolute Gasteiger partial charge is 0.377 e. The molecular formula is C18H27N3O2S. The maximum atomic E-state index is 12.7. The van der Waals surface area contributed by atoms with Gasteiger partial charge >= 0.3 is 6.03 Å². The highest BCUT2D eigenvalue weighted by Crippen LogP contribution is 2.60. The highest BCUT2D eigenvalue weighted by atomic mass is 32.1. The summed E-state index contributed by atoms with van der Waals surface area (Å²) in [5.41, 5.74) is 0.226. The van der Waals surface area contributed by atoms with Gasteiger partial charge in [-0.05, 0) is 26.2 Å². The van der Waals surface area contributed by atoms with Gasteiger partial charge in [0.05, 0.1) is 11.1 Å². The standard InChI is InChI=1S/C18H27N3O2S/c1-12-11-19-14(24-12)5-9-21(2)17(22)20-15-13-6-10-23-16(13)18(15)7-3-4-8-18/h11,13,15-16H,3-10H2,1-2H3,(H,20,22)/t13-,15+,16-/m0/s1. The second-order valence-corrected chi connectivity index (χ2v) is 8.97. The summed E-state index contributed by atoms with van der Waals surface area (Å²) in [6.07, 6.45) is 9.19. The van der Waals surface area contributed by atoms with Gasteiger partial charge in [-0.25, -0.2) is 9.78 Å². The van der Waals surface area contributed by atoms with Crippen LogP contribution in [0.3, 0.4) is 0 Å². The molecule has 2 aliphatic carbocycles. The maximum Gasteiger partial charge on any atom is 0.317 e. The van der Waals surface area contributed by atoms with E-state index < -0.39 is 0 Å². The van der Waals surface area contributed by atoms with Crippen LogP contribution in [-0.2, 0) is 11.2 Å². The van der Waals surface area contributed by atoms with Gasteiger partial charge in [-0.3, -0.25) is 0 Å². The number of aromatic nitrogens is 1. The Kier molecular flexibility index (Phi) is 4.29. The molecule has 1 spiro atoms. The molecule has 1 aromatic heterocycles. The van der Waals surface area contributed by atoms with Crippen LogP contribution in [0.25, 0.3) is 0 Å². The second kappa shape index (κ2) is 6.30. The van der Waals surface area contributed by atoms with E-state index in [1.165, 1.54) is 30.6 Å². The number of hydrogen-bond acceptors (Lipinski definition) is 4. The average Bonchev–Trinajstić information content (AvgIpc) is 3.29. The summed E-state index contributed by atoms with van der Waals surface area (Å²) in [5, 5.41) is 4.46. The highest BCUT2D eigenvalue weighted by Gasteiger charge is 2.65. The summed E-state index contributed by atoms with van der Waals surface area (Å²) < 4.78 is 6.00. The number of ether oxygens (including phenoxy) is 1. The van der Waals surface area contributed by atoms with Gasteiger partial charge in [-0.15, -0.1) is 11.3 Å². The third kappa shape index (κ3) is 2.64. The van der Waals surface area contributed by atoms with Crippen molar-refractivity contribution < 1.29 is 9.53 Å². The molecule has 6 heteroatoms. The smallest absolute Gasteiger partial charge is 0.317 e. The van der Waals surface area contributed by atoms with E-state index >= 15 is 0 Å². The lowest BCUT2D eigenvalue weighted by molar-refractivity contribution is -0.126. The first-order valence-corrected chi connectivity index (χ1v) is 9.96. The van der Waals surface area contributed by atoms with Gasteiger partial charge in [-0.1, -0.05) is 12.8 Å². The summed E-state index contributed by atoms with van der Waals surface area (Å²) in [6.45, 7) is 3.64. The van der Waals surface area contributed by atoms with Crippen molar-refractivity contribution in [3.63, 3.8) is 0 Å². The number of carbonyl (C=O) groups excluding carboxylic acids is 1. The number of nitrogens with zero attached hydrogens (tertiary/aromatic N) is 2. The Morgan fingerprint density at radius 2 is 2.29 bits per heavy atom. The van der Waals surface area contributed by atoms with Crippen LogP contribution in [0.4, 0.5) is 4.79 Å². The molecule has 3 atom stereocenters. The zero-order valence-corrected chi connectivity index (χ0v) is 15.4. The molecule has 4 rings (SSSR count). The first-order valence-electron chi connectivity index (χ1n) is 9.15. The summed E-state index contributed by atoms with van der Waals surface area (Å²) >= 11 is 1.71. The van der Waals surface area contributed by atoms with E-state index in [2.05, 4.69) is 17.2 Å². The van der Waals surface area contributed by atoms with Crippen molar-refractivity contribution in [1.29, 1.82) is 0 Å². The summed E-state index contributed by atoms with van der Waals surface area (Å²) in [4.78, 5) is 20.1. The van der Waals surface area contributed by atoms with Crippen molar-refractivity contribution in [2.45, 2.75) is 57.6 Å². The molecule has 1 N–H and O–H groups in total. The average molecular weight is 350 g/mol. The van der Waals surface area contributed by atoms with Gasteiger partial charge in [0.25, 0.3) is 0 Å². The number of amides is 2. The van der Waals surface area contributed by atoms with E-state index in [0.717, 1.165) is 24.5 Å². The molecule has 2 heterocycles. The number of nitrogens with one attached hydrogen (secondary N) is 1. The van der Waals surface area contributed by atoms with E-state index in [1.54, 1.807) is 11.3 Å². The molecule has 132 valence electrons. The minimum atomic E-state index is 0.0601. The number of rotatable bonds is 4. The third-order valence-corrected chi connectivity index (χ3v) is 7.21. The number of hydrogen-bond donors (Lipinski definition) is 1. The summed E-state index contributed by atoms with van der Waals surface area (Å²) in [6, 6.07) is 0.370. The van der Waals surface area contributed by atoms with Crippen molar-refractivity contribution in [2.24, 2.45) is 11.3 Å². The molecule has 24 heavy (non-hydrogen) atoms. The van der Waals surface area contributed by atoms with Crippen molar-refractivity contribution in [2.75, 3.05) is 20.2 Å². The Balaban J connectivity index is 1.34. The molecule has 3 fully saturated rings. The Morgan fingerprint density at radius 3 is 3.00 bits per heavy atom. The highest BCUT2D eigenvalue weighted by molar-refractivity contribution is 7.11. The van der Waals surface area contributed by atoms with Crippen LogP contribution < -0.4 is 5.32 Å². The van der Waals surface area contributed by atoms with Crippen molar-refractivity contribution >= 4 is 17.4 Å². The van der Waals surface area contributed by atoms with Gasteiger partial charge in [-0.2, -0.15) is 0 Å². The molecule has 3 aliphatic rings. The summed E-state index contributed by atoms with van der Waals surface area (Å²) in [5.74, 6) is 0.530. The van der Waals surface area contributed by atoms with Gasteiger partial charge < -0.3 is 15.0 Å². The molecule has 5 nitrogen and oxygen atoms in total. The number of urea groups is 1. The van der Waals surface area contributed by atoms with Gasteiger partial charge in [0.2, 0.25) is 0 Å². The SMILES string of the molecule is Cc1cnc(CCN(C)C(=O)N[C@@H]2[C@@H]3CCO[C@@H]3C23CCCC3)s1. The number of likely N-dealkylation sites (N-methyl/N-ethyl adjacent to an activating group) is 1. The Hall–Kier alpha value is -1.14. The van der Waals surface area contributed by atoms with Crippen LogP contribution in [0, 0.1) is 18.3 Å². The van der Waals surface area contributed by atoms with Gasteiger partial charge in [0, 0.05) is 55.1 Å². The fourth-order valence-electron chi connectivity index (χ4n) is 5.03. The van der Waals surface area contributed by atoms with Crippen LogP contribution in [0.15, 0.2) is 6.20 Å². The second-order valence-electron chi connectivity index (χ2n) is 7.65. The molecule has 2 amide bonds. The lowest BCUT2D eigenvalue weighted by atomic mass is 9.54. The normalized spacial score (nSPS) is 30.2. The number of carbonyl (C=O) groups is 1. The molecule has 0 aromatic carbocycles. The lowest BCUT2D eigenvalue weighted by Crippen LogP contribution is -2.69. The predicted octanol–water partition coefficient (Wildman–Crippen LogP) is 2.98. The quantitative estimate of drug-likeness (QED) is 0.909. The number of fused-ring (bicyclic) bond motifs is 2. The molecular weight excluding hydrogens is 322 g/mol. The number of aryl methyl sites for hydroxylation is 1. The Bertz CT molecular complexity index is 611. The van der Waals surface area contributed by atoms with Crippen LogP contribution in [-0.4, -0.2) is 48.3 Å². The molecule has 1 aliphatic heterocycles. The van der Waals surface area contributed by atoms with E-state index in [-0.39, 0.29) is 11.4 Å². The topological polar surface area (TPSA) is 54.5 Å². The molecule has 0 radical (unpaired) electrons. The van der Waals surface area contributed by atoms with Crippen LogP contribution in [0.1, 0.15) is 42.0 Å². The van der Waals surface area contributed by atoms with Crippen molar-refractivity contribution in [3.8, 4) is 0 Å². The molecule has 2 saturated carbocycles. The van der Waals surface area contributed by atoms with E-state index in [0.29, 0.717) is 24.6 Å². The zero-order chi connectivity index (χ0) is 16.7. The number of thiazole rings is 1. The summed E-state index contributed by atoms with van der Waals surface area (Å²) in [7, 11) is 1.89. The lowest BCUT2D eigenvalue weighted by Gasteiger charge is -2.56. The molecule has 1 saturated heterocycles. The minimum Gasteiger partial charge on any atom is -0.377 e.